The highest BCUT2D eigenvalue weighted by Crippen LogP contribution is 2.20. The molecule has 0 aliphatic carbocycles. The first kappa shape index (κ1) is 21.4. The van der Waals surface area contributed by atoms with Gasteiger partial charge in [-0.05, 0) is 6.42 Å². The molecule has 0 spiro atoms. The number of quaternary nitrogens is 1. The molecule has 0 radical (unpaired) electrons. The molecule has 0 aliphatic rings. The van der Waals surface area contributed by atoms with E-state index in [4.69, 9.17) is 13.0 Å². The molecule has 0 amide bonds. The van der Waals surface area contributed by atoms with Crippen molar-refractivity contribution in [1.82, 2.24) is 4.90 Å². The minimum atomic E-state index is -6.09. The van der Waals surface area contributed by atoms with Crippen molar-refractivity contribution in [2.75, 3.05) is 41.8 Å². The number of alkyl halides is 3. The lowest BCUT2D eigenvalue weighted by Gasteiger charge is -2.30. The van der Waals surface area contributed by atoms with Crippen molar-refractivity contribution in [3.05, 3.63) is 0 Å². The van der Waals surface area contributed by atoms with Crippen molar-refractivity contribution in [2.24, 2.45) is 4.99 Å². The molecule has 0 saturated carbocycles. The lowest BCUT2D eigenvalue weighted by Crippen LogP contribution is -2.50. The molecule has 0 aromatic carbocycles. The fourth-order valence-electron chi connectivity index (χ4n) is 1.42. The van der Waals surface area contributed by atoms with E-state index in [0.717, 1.165) is 23.4 Å². The van der Waals surface area contributed by atoms with Gasteiger partial charge in [0.1, 0.15) is 0 Å². The molecular weight excluding hydrogens is 299 g/mol. The van der Waals surface area contributed by atoms with Gasteiger partial charge in [-0.15, -0.1) is 0 Å². The molecule has 0 fully saturated rings. The third-order valence-corrected chi connectivity index (χ3v) is 2.55. The molecule has 0 aromatic heterocycles. The van der Waals surface area contributed by atoms with Crippen molar-refractivity contribution in [1.29, 1.82) is 0 Å². The van der Waals surface area contributed by atoms with Crippen LogP contribution in [0.4, 0.5) is 13.2 Å². The van der Waals surface area contributed by atoms with Crippen LogP contribution in [0.5, 0.6) is 0 Å². The van der Waals surface area contributed by atoms with Crippen LogP contribution >= 0.6 is 0 Å². The normalized spacial score (nSPS) is 13.6. The largest absolute Gasteiger partial charge is 0.741 e. The molecule has 0 atom stereocenters. The third kappa shape index (κ3) is 8.33. The number of aliphatic imine (C=N–C) groups is 1. The van der Waals surface area contributed by atoms with Crippen LogP contribution in [0.25, 0.3) is 0 Å². The van der Waals surface area contributed by atoms with Gasteiger partial charge in [0.25, 0.3) is 5.96 Å². The number of halogens is 3. The Morgan fingerprint density at radius 1 is 1.30 bits per heavy atom. The van der Waals surface area contributed by atoms with E-state index in [1.807, 2.05) is 7.05 Å². The van der Waals surface area contributed by atoms with Gasteiger partial charge >= 0.3 is 5.51 Å². The summed E-state index contributed by atoms with van der Waals surface area (Å²) in [6.07, 6.45) is 1.16. The second-order valence-corrected chi connectivity index (χ2v) is 6.23. The highest BCUT2D eigenvalue weighted by molar-refractivity contribution is 7.86. The first-order valence-electron chi connectivity index (χ1n) is 5.70. The molecule has 10 heteroatoms. The molecule has 0 bridgehead atoms. The minimum Gasteiger partial charge on any atom is -0.741 e. The highest BCUT2D eigenvalue weighted by atomic mass is 32.2. The van der Waals surface area contributed by atoms with Gasteiger partial charge in [0.15, 0.2) is 10.1 Å². The van der Waals surface area contributed by atoms with Gasteiger partial charge in [0.05, 0.1) is 21.1 Å². The fourth-order valence-corrected chi connectivity index (χ4v) is 1.42. The maximum Gasteiger partial charge on any atom is 0.485 e. The fraction of sp³-hybridized carbons (Fsp3) is 0.900. The number of nitrogens with zero attached hydrogens (tertiary/aromatic N) is 3. The standard InChI is InChI=1S/C9H22N3.CHF3O3S/c1-7-8-11(3)9(10-2)12(4,5)6;2-1(3,4)8(5,6)7/h7-8H2,1-6H3;(H,5,6,7)/q+1;/p-1. The van der Waals surface area contributed by atoms with E-state index in [-0.39, 0.29) is 0 Å². The Morgan fingerprint density at radius 2 is 1.65 bits per heavy atom. The Labute approximate surface area is 118 Å². The molecule has 0 aliphatic heterocycles. The zero-order valence-corrected chi connectivity index (χ0v) is 13.3. The molecule has 0 heterocycles. The van der Waals surface area contributed by atoms with Crippen molar-refractivity contribution < 1.29 is 30.6 Å². The van der Waals surface area contributed by atoms with Gasteiger partial charge < -0.3 is 9.45 Å². The molecule has 0 N–H and O–H groups in total. The summed E-state index contributed by atoms with van der Waals surface area (Å²) in [5.74, 6) is 1.12. The minimum absolute atomic E-state index is 0.785. The number of hydrogen-bond acceptors (Lipinski definition) is 4. The van der Waals surface area contributed by atoms with Gasteiger partial charge in [-0.2, -0.15) is 13.2 Å². The molecule has 122 valence electrons. The van der Waals surface area contributed by atoms with Crippen LogP contribution in [0.2, 0.25) is 0 Å². The first-order chi connectivity index (χ1) is 8.68. The summed E-state index contributed by atoms with van der Waals surface area (Å²) in [6.45, 7) is 3.25. The van der Waals surface area contributed by atoms with Crippen LogP contribution < -0.4 is 0 Å². The second-order valence-electron chi connectivity index (χ2n) is 4.86. The molecular formula is C10H22F3N3O3S. The zero-order chi connectivity index (χ0) is 16.8. The lowest BCUT2D eigenvalue weighted by atomic mass is 10.4. The van der Waals surface area contributed by atoms with E-state index >= 15 is 0 Å². The number of guanidine groups is 1. The Kier molecular flexibility index (Phi) is 8.35. The van der Waals surface area contributed by atoms with Crippen molar-refractivity contribution in [3.63, 3.8) is 0 Å². The maximum atomic E-state index is 10.7. The quantitative estimate of drug-likeness (QED) is 0.251. The second kappa shape index (κ2) is 7.79. The Hall–Kier alpha value is -0.870. The monoisotopic (exact) mass is 321 g/mol. The molecule has 0 aromatic rings. The van der Waals surface area contributed by atoms with E-state index in [1.54, 1.807) is 0 Å². The summed E-state index contributed by atoms with van der Waals surface area (Å²) < 4.78 is 59.7. The predicted molar refractivity (Wildman–Crippen MR) is 70.1 cm³/mol. The summed E-state index contributed by atoms with van der Waals surface area (Å²) in [4.78, 5) is 6.50. The van der Waals surface area contributed by atoms with Crippen molar-refractivity contribution in [2.45, 2.75) is 18.9 Å². The van der Waals surface area contributed by atoms with E-state index in [2.05, 4.69) is 45.0 Å². The van der Waals surface area contributed by atoms with Crippen LogP contribution in [0.1, 0.15) is 13.3 Å². The van der Waals surface area contributed by atoms with E-state index in [9.17, 15) is 13.2 Å². The van der Waals surface area contributed by atoms with Crippen LogP contribution in [0, 0.1) is 0 Å². The van der Waals surface area contributed by atoms with Gasteiger partial charge in [-0.3, -0.25) is 4.48 Å². The van der Waals surface area contributed by atoms with Crippen molar-refractivity contribution >= 4 is 16.1 Å². The van der Waals surface area contributed by atoms with Crippen LogP contribution in [0.3, 0.4) is 0 Å². The van der Waals surface area contributed by atoms with Crippen LogP contribution in [0.15, 0.2) is 4.99 Å². The molecule has 6 nitrogen and oxygen atoms in total. The third-order valence-electron chi connectivity index (χ3n) is 1.98. The summed E-state index contributed by atoms with van der Waals surface area (Å²) in [7, 11) is 4.25. The summed E-state index contributed by atoms with van der Waals surface area (Å²) in [5.41, 5.74) is -5.65. The first-order valence-corrected chi connectivity index (χ1v) is 7.11. The van der Waals surface area contributed by atoms with Gasteiger partial charge in [0, 0.05) is 20.6 Å². The van der Waals surface area contributed by atoms with Crippen molar-refractivity contribution in [3.8, 4) is 0 Å². The smallest absolute Gasteiger partial charge is 0.485 e. The predicted octanol–water partition coefficient (Wildman–Crippen LogP) is 1.07. The highest BCUT2D eigenvalue weighted by Gasteiger charge is 2.36. The lowest BCUT2D eigenvalue weighted by molar-refractivity contribution is -0.782. The van der Waals surface area contributed by atoms with E-state index in [0.29, 0.717) is 0 Å². The van der Waals surface area contributed by atoms with Crippen LogP contribution in [-0.4, -0.2) is 75.6 Å². The zero-order valence-electron chi connectivity index (χ0n) is 12.5. The van der Waals surface area contributed by atoms with E-state index < -0.39 is 15.6 Å². The number of rotatable bonds is 2. The molecule has 0 unspecified atom stereocenters. The molecule has 0 rings (SSSR count). The van der Waals surface area contributed by atoms with Gasteiger partial charge in [-0.25, -0.2) is 13.4 Å². The van der Waals surface area contributed by atoms with Crippen LogP contribution in [-0.2, 0) is 10.1 Å². The number of hydrogen-bond donors (Lipinski definition) is 0. The molecule has 0 saturated heterocycles. The Bertz CT molecular complexity index is 414. The summed E-state index contributed by atoms with van der Waals surface area (Å²) in [5, 5.41) is 0. The summed E-state index contributed by atoms with van der Waals surface area (Å²) in [6, 6.07) is 0. The average Bonchev–Trinajstić information content (AvgIpc) is 2.13. The SMILES string of the molecule is CCCN(C)C(=NC)[N+](C)(C)C.O=S(=O)([O-])C(F)(F)F. The summed E-state index contributed by atoms with van der Waals surface area (Å²) >= 11 is 0. The Morgan fingerprint density at radius 3 is 1.80 bits per heavy atom. The van der Waals surface area contributed by atoms with Gasteiger partial charge in [-0.1, -0.05) is 6.92 Å². The van der Waals surface area contributed by atoms with Gasteiger partial charge in [0.2, 0.25) is 0 Å². The van der Waals surface area contributed by atoms with E-state index in [1.165, 1.54) is 0 Å². The topological polar surface area (TPSA) is 72.8 Å². The maximum absolute atomic E-state index is 10.7. The molecule has 20 heavy (non-hydrogen) atoms. The average molecular weight is 321 g/mol. The Balaban J connectivity index is 0.